The summed E-state index contributed by atoms with van der Waals surface area (Å²) >= 11 is 5.90. The molecule has 5 nitrogen and oxygen atoms in total. The fourth-order valence-electron chi connectivity index (χ4n) is 3.17. The number of rotatable bonds is 5. The zero-order valence-electron chi connectivity index (χ0n) is 16.5. The Labute approximate surface area is 177 Å². The zero-order chi connectivity index (χ0) is 22.1. The summed E-state index contributed by atoms with van der Waals surface area (Å²) in [5, 5.41) is 2.34. The monoisotopic (exact) mass is 439 g/mol. The van der Waals surface area contributed by atoms with Gasteiger partial charge in [-0.25, -0.2) is 4.79 Å². The largest absolute Gasteiger partial charge is 0.416 e. The molecule has 1 fully saturated rings. The number of urea groups is 1. The molecule has 0 radical (unpaired) electrons. The van der Waals surface area contributed by atoms with E-state index in [0.29, 0.717) is 19.0 Å². The van der Waals surface area contributed by atoms with Crippen molar-refractivity contribution in [3.8, 4) is 0 Å². The molecule has 1 saturated heterocycles. The van der Waals surface area contributed by atoms with Crippen LogP contribution in [-0.2, 0) is 11.0 Å². The first-order valence-corrected chi connectivity index (χ1v) is 9.77. The molecule has 9 heteroatoms. The highest BCUT2D eigenvalue weighted by atomic mass is 35.5. The number of hydrogen-bond donors (Lipinski definition) is 1. The van der Waals surface area contributed by atoms with Crippen LogP contribution in [0, 0.1) is 0 Å². The first-order valence-electron chi connectivity index (χ1n) is 9.39. The van der Waals surface area contributed by atoms with Crippen molar-refractivity contribution in [1.82, 2.24) is 4.90 Å². The van der Waals surface area contributed by atoms with Crippen molar-refractivity contribution >= 4 is 34.9 Å². The second kappa shape index (κ2) is 8.55. The predicted molar refractivity (Wildman–Crippen MR) is 110 cm³/mol. The van der Waals surface area contributed by atoms with Gasteiger partial charge in [-0.15, -0.1) is 0 Å². The molecule has 1 N–H and O–H groups in total. The van der Waals surface area contributed by atoms with Crippen LogP contribution in [0.3, 0.4) is 0 Å². The van der Waals surface area contributed by atoms with E-state index < -0.39 is 17.6 Å². The van der Waals surface area contributed by atoms with Crippen LogP contribution in [0.1, 0.15) is 30.9 Å². The number of hydrogen-bond acceptors (Lipinski definition) is 2. The SMILES string of the molecule is CC(C)c1ccc(N2CCN(CC(=O)Nc3cc(C(F)(F)F)ccc3Cl)C2=O)cc1. The standard InChI is InChI=1S/C21H21ClF3N3O2/c1-13(2)14-3-6-16(7-4-14)28-10-9-27(20(28)30)12-19(29)26-18-11-15(21(23,24)25)5-8-17(18)22/h3-8,11,13H,9-10,12H2,1-2H3,(H,26,29). The maximum atomic E-state index is 12.9. The van der Waals surface area contributed by atoms with Gasteiger partial charge in [-0.05, 0) is 41.8 Å². The van der Waals surface area contributed by atoms with Gasteiger partial charge in [0.2, 0.25) is 5.91 Å². The van der Waals surface area contributed by atoms with Crippen LogP contribution in [0.15, 0.2) is 42.5 Å². The molecule has 2 aromatic rings. The Hall–Kier alpha value is -2.74. The van der Waals surface area contributed by atoms with Crippen LogP contribution in [0.25, 0.3) is 0 Å². The van der Waals surface area contributed by atoms with Gasteiger partial charge in [0.1, 0.15) is 6.54 Å². The molecule has 1 aliphatic rings. The number of alkyl halides is 3. The van der Waals surface area contributed by atoms with Gasteiger partial charge in [0.05, 0.1) is 16.3 Å². The number of halogens is 4. The van der Waals surface area contributed by atoms with Crippen LogP contribution in [0.4, 0.5) is 29.3 Å². The summed E-state index contributed by atoms with van der Waals surface area (Å²) in [7, 11) is 0. The lowest BCUT2D eigenvalue weighted by Gasteiger charge is -2.19. The molecule has 2 aromatic carbocycles. The molecule has 30 heavy (non-hydrogen) atoms. The van der Waals surface area contributed by atoms with Gasteiger partial charge in [-0.3, -0.25) is 9.69 Å². The van der Waals surface area contributed by atoms with Crippen LogP contribution in [-0.4, -0.2) is 36.5 Å². The lowest BCUT2D eigenvalue weighted by atomic mass is 10.0. The minimum Gasteiger partial charge on any atom is -0.323 e. The Balaban J connectivity index is 1.65. The maximum Gasteiger partial charge on any atom is 0.416 e. The third-order valence-corrected chi connectivity index (χ3v) is 5.20. The molecule has 0 saturated carbocycles. The molecule has 3 rings (SSSR count). The van der Waals surface area contributed by atoms with Crippen molar-refractivity contribution in [2.45, 2.75) is 25.9 Å². The molecular formula is C21H21ClF3N3O2. The van der Waals surface area contributed by atoms with Crippen molar-refractivity contribution in [1.29, 1.82) is 0 Å². The third-order valence-electron chi connectivity index (χ3n) is 4.87. The number of carbonyl (C=O) groups is 2. The molecule has 1 heterocycles. The van der Waals surface area contributed by atoms with E-state index in [4.69, 9.17) is 11.6 Å². The normalized spacial score (nSPS) is 14.6. The van der Waals surface area contributed by atoms with E-state index >= 15 is 0 Å². The quantitative estimate of drug-likeness (QED) is 0.681. The topological polar surface area (TPSA) is 52.6 Å². The molecule has 0 aromatic heterocycles. The van der Waals surface area contributed by atoms with Gasteiger partial charge in [0.25, 0.3) is 0 Å². The van der Waals surface area contributed by atoms with Crippen molar-refractivity contribution in [3.05, 3.63) is 58.6 Å². The van der Waals surface area contributed by atoms with E-state index in [2.05, 4.69) is 19.2 Å². The third kappa shape index (κ3) is 4.87. The summed E-state index contributed by atoms with van der Waals surface area (Å²) < 4.78 is 38.6. The minimum absolute atomic E-state index is 0.0176. The average Bonchev–Trinajstić information content (AvgIpc) is 3.03. The van der Waals surface area contributed by atoms with Gasteiger partial charge in [0.15, 0.2) is 0 Å². The van der Waals surface area contributed by atoms with Crippen molar-refractivity contribution in [2.75, 3.05) is 29.9 Å². The van der Waals surface area contributed by atoms with E-state index in [1.165, 1.54) is 4.90 Å². The van der Waals surface area contributed by atoms with Gasteiger partial charge >= 0.3 is 12.2 Å². The summed E-state index contributed by atoms with van der Waals surface area (Å²) in [5.74, 6) is -0.252. The fraction of sp³-hybridized carbons (Fsp3) is 0.333. The van der Waals surface area contributed by atoms with E-state index in [-0.39, 0.29) is 23.3 Å². The Morgan fingerprint density at radius 1 is 1.13 bits per heavy atom. The molecule has 0 atom stereocenters. The predicted octanol–water partition coefficient (Wildman–Crippen LogP) is 5.36. The Kier molecular flexibility index (Phi) is 6.26. The summed E-state index contributed by atoms with van der Waals surface area (Å²) in [6.45, 7) is 4.61. The van der Waals surface area contributed by atoms with E-state index in [0.717, 1.165) is 29.4 Å². The number of anilines is 2. The molecule has 3 amide bonds. The Bertz CT molecular complexity index is 946. The summed E-state index contributed by atoms with van der Waals surface area (Å²) in [6.07, 6.45) is -4.55. The van der Waals surface area contributed by atoms with E-state index in [1.807, 2.05) is 24.3 Å². The lowest BCUT2D eigenvalue weighted by Crippen LogP contribution is -2.37. The second-order valence-corrected chi connectivity index (χ2v) is 7.75. The average molecular weight is 440 g/mol. The number of amides is 3. The molecule has 0 unspecified atom stereocenters. The van der Waals surface area contributed by atoms with Gasteiger partial charge in [-0.1, -0.05) is 37.6 Å². The number of nitrogens with zero attached hydrogens (tertiary/aromatic N) is 2. The molecule has 0 bridgehead atoms. The van der Waals surface area contributed by atoms with Crippen LogP contribution in [0.2, 0.25) is 5.02 Å². The number of benzene rings is 2. The first kappa shape index (κ1) is 22.0. The molecule has 160 valence electrons. The Morgan fingerprint density at radius 3 is 2.40 bits per heavy atom. The first-order chi connectivity index (χ1) is 14.1. The molecule has 0 spiro atoms. The highest BCUT2D eigenvalue weighted by Gasteiger charge is 2.32. The maximum absolute atomic E-state index is 12.9. The molecule has 0 aliphatic carbocycles. The van der Waals surface area contributed by atoms with E-state index in [9.17, 15) is 22.8 Å². The van der Waals surface area contributed by atoms with Gasteiger partial charge < -0.3 is 10.2 Å². The molecular weight excluding hydrogens is 419 g/mol. The van der Waals surface area contributed by atoms with Crippen molar-refractivity contribution in [2.24, 2.45) is 0 Å². The van der Waals surface area contributed by atoms with Crippen LogP contribution < -0.4 is 10.2 Å². The fourth-order valence-corrected chi connectivity index (χ4v) is 3.33. The zero-order valence-corrected chi connectivity index (χ0v) is 17.2. The highest BCUT2D eigenvalue weighted by Crippen LogP contribution is 2.34. The highest BCUT2D eigenvalue weighted by molar-refractivity contribution is 6.33. The smallest absolute Gasteiger partial charge is 0.323 e. The number of carbonyl (C=O) groups excluding carboxylic acids is 2. The summed E-state index contributed by atoms with van der Waals surface area (Å²) in [6, 6.07) is 9.98. The summed E-state index contributed by atoms with van der Waals surface area (Å²) in [4.78, 5) is 27.9. The van der Waals surface area contributed by atoms with E-state index in [1.54, 1.807) is 4.90 Å². The van der Waals surface area contributed by atoms with Crippen molar-refractivity contribution in [3.63, 3.8) is 0 Å². The summed E-state index contributed by atoms with van der Waals surface area (Å²) in [5.41, 5.74) is 0.813. The number of nitrogens with one attached hydrogen (secondary N) is 1. The second-order valence-electron chi connectivity index (χ2n) is 7.34. The van der Waals surface area contributed by atoms with Crippen molar-refractivity contribution < 1.29 is 22.8 Å². The van der Waals surface area contributed by atoms with Crippen LogP contribution in [0.5, 0.6) is 0 Å². The van der Waals surface area contributed by atoms with Gasteiger partial charge in [-0.2, -0.15) is 13.2 Å². The Morgan fingerprint density at radius 2 is 1.80 bits per heavy atom. The minimum atomic E-state index is -4.55. The lowest BCUT2D eigenvalue weighted by molar-refractivity contribution is -0.137. The van der Waals surface area contributed by atoms with Crippen LogP contribution >= 0.6 is 11.6 Å². The molecule has 1 aliphatic heterocycles. The van der Waals surface area contributed by atoms with Gasteiger partial charge in [0, 0.05) is 18.8 Å².